The summed E-state index contributed by atoms with van der Waals surface area (Å²) in [4.78, 5) is 15.1. The zero-order valence-electron chi connectivity index (χ0n) is 9.06. The van der Waals surface area contributed by atoms with Crippen molar-refractivity contribution in [2.75, 3.05) is 19.6 Å². The van der Waals surface area contributed by atoms with E-state index in [-0.39, 0.29) is 17.4 Å². The molecule has 2 heterocycles. The second kappa shape index (κ2) is 4.21. The number of dihydropyridines is 1. The van der Waals surface area contributed by atoms with Crippen molar-refractivity contribution < 1.29 is 4.92 Å². The number of rotatable bonds is 2. The monoisotopic (exact) mass is 224 g/mol. The molecule has 2 aliphatic heterocycles. The van der Waals surface area contributed by atoms with Crippen LogP contribution in [0, 0.1) is 16.0 Å². The van der Waals surface area contributed by atoms with Gasteiger partial charge in [0.2, 0.25) is 0 Å². The van der Waals surface area contributed by atoms with Crippen molar-refractivity contribution in [1.29, 1.82) is 0 Å². The number of nitrogens with one attached hydrogen (secondary N) is 1. The van der Waals surface area contributed by atoms with Gasteiger partial charge in [-0.15, -0.1) is 0 Å². The fourth-order valence-corrected chi connectivity index (χ4v) is 2.41. The summed E-state index contributed by atoms with van der Waals surface area (Å²) in [6, 6.07) is 0. The van der Waals surface area contributed by atoms with Gasteiger partial charge in [0.25, 0.3) is 5.54 Å². The van der Waals surface area contributed by atoms with Crippen molar-refractivity contribution in [3.8, 4) is 0 Å². The predicted octanol–water partition coefficient (Wildman–Crippen LogP) is -0.0715. The Hall–Kier alpha value is -1.43. The zero-order valence-corrected chi connectivity index (χ0v) is 9.06. The van der Waals surface area contributed by atoms with Crippen molar-refractivity contribution >= 4 is 5.84 Å². The molecule has 0 saturated carbocycles. The molecule has 0 radical (unpaired) electrons. The number of nitrogens with two attached hydrogens (primary N) is 1. The van der Waals surface area contributed by atoms with Crippen LogP contribution in [0.3, 0.4) is 0 Å². The smallest absolute Gasteiger partial charge is 0.262 e. The van der Waals surface area contributed by atoms with E-state index in [0.717, 1.165) is 25.9 Å². The normalized spacial score (nSPS) is 31.1. The average Bonchev–Trinajstić information content (AvgIpc) is 2.31. The third-order valence-electron chi connectivity index (χ3n) is 3.44. The number of aliphatic imine (C=N–C) groups is 1. The maximum atomic E-state index is 11.3. The number of piperidine rings is 1. The first-order valence-corrected chi connectivity index (χ1v) is 5.49. The number of nitro groups is 1. The maximum absolute atomic E-state index is 11.3. The minimum absolute atomic E-state index is 0.0526. The quantitative estimate of drug-likeness (QED) is 0.507. The van der Waals surface area contributed by atoms with Crippen molar-refractivity contribution in [2.45, 2.75) is 18.4 Å². The molecule has 2 aliphatic rings. The van der Waals surface area contributed by atoms with E-state index in [1.165, 1.54) is 0 Å². The lowest BCUT2D eigenvalue weighted by Crippen LogP contribution is -2.51. The summed E-state index contributed by atoms with van der Waals surface area (Å²) in [6.07, 6.45) is 4.83. The van der Waals surface area contributed by atoms with Gasteiger partial charge in [-0.05, 0) is 38.1 Å². The first-order valence-electron chi connectivity index (χ1n) is 5.49. The number of hydrogen-bond donors (Lipinski definition) is 2. The molecule has 2 rings (SSSR count). The van der Waals surface area contributed by atoms with E-state index in [1.807, 2.05) is 0 Å². The summed E-state index contributed by atoms with van der Waals surface area (Å²) in [6.45, 7) is 1.85. The number of nitrogens with zero attached hydrogens (tertiary/aromatic N) is 2. The Morgan fingerprint density at radius 3 is 2.75 bits per heavy atom. The SMILES string of the molecule is NC1=NCC(C2CCNCC2)([N+](=O)[O-])C=C1. The molecule has 1 fully saturated rings. The molecule has 88 valence electrons. The van der Waals surface area contributed by atoms with Gasteiger partial charge in [-0.1, -0.05) is 0 Å². The lowest BCUT2D eigenvalue weighted by Gasteiger charge is -2.33. The molecule has 0 spiro atoms. The second-order valence-corrected chi connectivity index (χ2v) is 4.35. The van der Waals surface area contributed by atoms with E-state index in [0.29, 0.717) is 5.84 Å². The second-order valence-electron chi connectivity index (χ2n) is 4.35. The molecule has 1 saturated heterocycles. The molecule has 0 bridgehead atoms. The Bertz CT molecular complexity index is 347. The van der Waals surface area contributed by atoms with Crippen LogP contribution in [0.2, 0.25) is 0 Å². The van der Waals surface area contributed by atoms with Gasteiger partial charge in [-0.25, -0.2) is 0 Å². The van der Waals surface area contributed by atoms with E-state index >= 15 is 0 Å². The maximum Gasteiger partial charge on any atom is 0.262 e. The summed E-state index contributed by atoms with van der Waals surface area (Å²) < 4.78 is 0. The van der Waals surface area contributed by atoms with Crippen LogP contribution < -0.4 is 11.1 Å². The van der Waals surface area contributed by atoms with Crippen LogP contribution in [-0.2, 0) is 0 Å². The highest BCUT2D eigenvalue weighted by Crippen LogP contribution is 2.32. The molecule has 16 heavy (non-hydrogen) atoms. The highest BCUT2D eigenvalue weighted by Gasteiger charge is 2.49. The van der Waals surface area contributed by atoms with E-state index < -0.39 is 5.54 Å². The first kappa shape index (κ1) is 11.1. The van der Waals surface area contributed by atoms with Crippen LogP contribution in [0.5, 0.6) is 0 Å². The number of hydrogen-bond acceptors (Lipinski definition) is 5. The molecule has 0 aromatic heterocycles. The average molecular weight is 224 g/mol. The summed E-state index contributed by atoms with van der Waals surface area (Å²) >= 11 is 0. The topological polar surface area (TPSA) is 93.5 Å². The molecule has 0 aromatic carbocycles. The molecule has 0 amide bonds. The van der Waals surface area contributed by atoms with Crippen LogP contribution in [0.1, 0.15) is 12.8 Å². The van der Waals surface area contributed by atoms with E-state index in [4.69, 9.17) is 5.73 Å². The lowest BCUT2D eigenvalue weighted by molar-refractivity contribution is -0.563. The fraction of sp³-hybridized carbons (Fsp3) is 0.700. The van der Waals surface area contributed by atoms with Gasteiger partial charge in [-0.3, -0.25) is 15.1 Å². The van der Waals surface area contributed by atoms with E-state index in [2.05, 4.69) is 10.3 Å². The Labute approximate surface area is 93.8 Å². The Morgan fingerprint density at radius 1 is 1.56 bits per heavy atom. The Kier molecular flexibility index (Phi) is 2.91. The van der Waals surface area contributed by atoms with Crippen molar-refractivity contribution in [2.24, 2.45) is 16.6 Å². The highest BCUT2D eigenvalue weighted by molar-refractivity contribution is 5.92. The molecule has 1 unspecified atom stereocenters. The van der Waals surface area contributed by atoms with Crippen LogP contribution >= 0.6 is 0 Å². The van der Waals surface area contributed by atoms with Crippen LogP contribution in [0.4, 0.5) is 0 Å². The van der Waals surface area contributed by atoms with Crippen molar-refractivity contribution in [3.63, 3.8) is 0 Å². The Balaban J connectivity index is 2.23. The summed E-state index contributed by atoms with van der Waals surface area (Å²) in [5.41, 5.74) is 4.48. The molecular weight excluding hydrogens is 208 g/mol. The number of amidine groups is 1. The molecular formula is C10H16N4O2. The van der Waals surface area contributed by atoms with Gasteiger partial charge in [0.05, 0.1) is 0 Å². The van der Waals surface area contributed by atoms with E-state index in [9.17, 15) is 10.1 Å². The van der Waals surface area contributed by atoms with Gasteiger partial charge in [0.15, 0.2) is 0 Å². The predicted molar refractivity (Wildman–Crippen MR) is 60.9 cm³/mol. The first-order chi connectivity index (χ1) is 7.65. The molecule has 0 aliphatic carbocycles. The summed E-state index contributed by atoms with van der Waals surface area (Å²) in [5, 5.41) is 14.5. The Morgan fingerprint density at radius 2 is 2.25 bits per heavy atom. The molecule has 6 nitrogen and oxygen atoms in total. The highest BCUT2D eigenvalue weighted by atomic mass is 16.6. The van der Waals surface area contributed by atoms with Crippen LogP contribution in [0.15, 0.2) is 17.1 Å². The van der Waals surface area contributed by atoms with Crippen molar-refractivity contribution in [3.05, 3.63) is 22.3 Å². The summed E-state index contributed by atoms with van der Waals surface area (Å²) in [5.74, 6) is 0.434. The molecule has 1 atom stereocenters. The van der Waals surface area contributed by atoms with Gasteiger partial charge >= 0.3 is 0 Å². The van der Waals surface area contributed by atoms with Gasteiger partial charge in [0.1, 0.15) is 12.4 Å². The zero-order chi connectivity index (χ0) is 11.6. The van der Waals surface area contributed by atoms with Crippen LogP contribution in [0.25, 0.3) is 0 Å². The largest absolute Gasteiger partial charge is 0.384 e. The standard InChI is InChI=1S/C10H16N4O2/c11-9-1-4-10(7-13-9,14(15)16)8-2-5-12-6-3-8/h1,4,8,12H,2-3,5-7H2,(H2,11,13). The van der Waals surface area contributed by atoms with Gasteiger partial charge in [-0.2, -0.15) is 0 Å². The van der Waals surface area contributed by atoms with Crippen molar-refractivity contribution in [1.82, 2.24) is 5.32 Å². The minimum Gasteiger partial charge on any atom is -0.384 e. The third-order valence-corrected chi connectivity index (χ3v) is 3.44. The summed E-state index contributed by atoms with van der Waals surface area (Å²) in [7, 11) is 0. The van der Waals surface area contributed by atoms with Crippen LogP contribution in [-0.4, -0.2) is 35.9 Å². The third kappa shape index (κ3) is 1.80. The molecule has 3 N–H and O–H groups in total. The molecule has 6 heteroatoms. The van der Waals surface area contributed by atoms with Gasteiger partial charge < -0.3 is 11.1 Å². The lowest BCUT2D eigenvalue weighted by atomic mass is 9.77. The van der Waals surface area contributed by atoms with E-state index in [1.54, 1.807) is 12.2 Å². The minimum atomic E-state index is -1.04. The fourth-order valence-electron chi connectivity index (χ4n) is 2.41. The van der Waals surface area contributed by atoms with Gasteiger partial charge in [0, 0.05) is 10.8 Å². The molecule has 0 aromatic rings.